The summed E-state index contributed by atoms with van der Waals surface area (Å²) < 4.78 is 0. The molecular formula is C18H15N3O2. The van der Waals surface area contributed by atoms with E-state index in [-0.39, 0.29) is 17.2 Å². The maximum atomic E-state index is 12.6. The number of carbonyl (C=O) groups excluding carboxylic acids is 2. The van der Waals surface area contributed by atoms with Crippen molar-refractivity contribution in [1.82, 2.24) is 10.3 Å². The van der Waals surface area contributed by atoms with Crippen LogP contribution in [0.25, 0.3) is 0 Å². The van der Waals surface area contributed by atoms with E-state index in [1.165, 1.54) is 6.21 Å². The number of Topliss-reactive ketones (excluding diaryl/α,β-unsaturated/α-hetero) is 1. The quantitative estimate of drug-likeness (QED) is 0.885. The van der Waals surface area contributed by atoms with Crippen molar-refractivity contribution in [3.05, 3.63) is 59.8 Å². The van der Waals surface area contributed by atoms with Gasteiger partial charge in [0.25, 0.3) is 0 Å². The largest absolute Gasteiger partial charge is 0.346 e. The lowest BCUT2D eigenvalue weighted by atomic mass is 9.94. The van der Waals surface area contributed by atoms with Gasteiger partial charge in [-0.05, 0) is 30.5 Å². The Morgan fingerprint density at radius 2 is 1.91 bits per heavy atom. The number of hydrogen-bond donors (Lipinski definition) is 1. The molecule has 5 nitrogen and oxygen atoms in total. The van der Waals surface area contributed by atoms with Gasteiger partial charge in [0.05, 0.1) is 11.1 Å². The number of nitrogens with one attached hydrogen (secondary N) is 1. The van der Waals surface area contributed by atoms with E-state index >= 15 is 0 Å². The summed E-state index contributed by atoms with van der Waals surface area (Å²) in [5.74, 6) is -1.04. The molecular weight excluding hydrogens is 290 g/mol. The normalized spacial score (nSPS) is 20.7. The van der Waals surface area contributed by atoms with E-state index in [1.54, 1.807) is 18.3 Å². The van der Waals surface area contributed by atoms with Crippen LogP contribution in [-0.2, 0) is 10.3 Å². The fourth-order valence-corrected chi connectivity index (χ4v) is 2.94. The average molecular weight is 305 g/mol. The number of nitrogens with zero attached hydrogens (tertiary/aromatic N) is 2. The third-order valence-corrected chi connectivity index (χ3v) is 4.40. The Bertz CT molecular complexity index is 810. The minimum Gasteiger partial charge on any atom is -0.346 e. The summed E-state index contributed by atoms with van der Waals surface area (Å²) in [6.45, 7) is 0. The lowest BCUT2D eigenvalue weighted by Crippen LogP contribution is -2.43. The number of benzene rings is 1. The maximum Gasteiger partial charge on any atom is 0.237 e. The Morgan fingerprint density at radius 3 is 2.65 bits per heavy atom. The van der Waals surface area contributed by atoms with Gasteiger partial charge >= 0.3 is 0 Å². The van der Waals surface area contributed by atoms with E-state index in [1.807, 2.05) is 30.3 Å². The number of amides is 1. The van der Waals surface area contributed by atoms with Crippen LogP contribution in [0.1, 0.15) is 28.8 Å². The topological polar surface area (TPSA) is 71.4 Å². The van der Waals surface area contributed by atoms with Gasteiger partial charge in [-0.3, -0.25) is 9.59 Å². The minimum atomic E-state index is -0.882. The third kappa shape index (κ3) is 2.34. The van der Waals surface area contributed by atoms with Gasteiger partial charge in [0, 0.05) is 12.4 Å². The number of rotatable bonds is 3. The van der Waals surface area contributed by atoms with Crippen LogP contribution in [0, 0.1) is 5.92 Å². The number of hydrogen-bond acceptors (Lipinski definition) is 4. The predicted octanol–water partition coefficient (Wildman–Crippen LogP) is 2.40. The third-order valence-electron chi connectivity index (χ3n) is 4.40. The maximum absolute atomic E-state index is 12.6. The molecule has 2 aliphatic rings. The van der Waals surface area contributed by atoms with Crippen molar-refractivity contribution < 1.29 is 9.59 Å². The zero-order valence-corrected chi connectivity index (χ0v) is 12.4. The molecule has 1 atom stereocenters. The first kappa shape index (κ1) is 13.8. The molecule has 1 aromatic carbocycles. The highest BCUT2D eigenvalue weighted by Crippen LogP contribution is 2.45. The molecule has 1 fully saturated rings. The van der Waals surface area contributed by atoms with Crippen molar-refractivity contribution in [2.75, 3.05) is 0 Å². The molecule has 2 aromatic rings. The molecule has 1 saturated carbocycles. The SMILES string of the molecule is O=C(NC1(c2ccccc2)CC1)C1C=Nc2ncccc2C1=O. The van der Waals surface area contributed by atoms with E-state index in [0.29, 0.717) is 11.4 Å². The van der Waals surface area contributed by atoms with Gasteiger partial charge in [0.2, 0.25) is 5.91 Å². The van der Waals surface area contributed by atoms with Gasteiger partial charge in [-0.2, -0.15) is 0 Å². The van der Waals surface area contributed by atoms with Crippen molar-refractivity contribution in [2.24, 2.45) is 10.9 Å². The molecule has 1 aromatic heterocycles. The summed E-state index contributed by atoms with van der Waals surface area (Å²) in [7, 11) is 0. The van der Waals surface area contributed by atoms with E-state index in [9.17, 15) is 9.59 Å². The molecule has 1 aliphatic heterocycles. The first-order valence-corrected chi connectivity index (χ1v) is 7.61. The Hall–Kier alpha value is -2.82. The van der Waals surface area contributed by atoms with Gasteiger partial charge in [0.15, 0.2) is 11.6 Å². The van der Waals surface area contributed by atoms with Crippen LogP contribution in [0.15, 0.2) is 53.7 Å². The molecule has 1 amide bonds. The monoisotopic (exact) mass is 305 g/mol. The van der Waals surface area contributed by atoms with Crippen molar-refractivity contribution in [2.45, 2.75) is 18.4 Å². The lowest BCUT2D eigenvalue weighted by Gasteiger charge is -2.22. The van der Waals surface area contributed by atoms with Gasteiger partial charge in [0.1, 0.15) is 5.92 Å². The zero-order valence-electron chi connectivity index (χ0n) is 12.4. The summed E-state index contributed by atoms with van der Waals surface area (Å²) in [6.07, 6.45) is 4.75. The summed E-state index contributed by atoms with van der Waals surface area (Å²) in [4.78, 5) is 33.3. The van der Waals surface area contributed by atoms with Crippen molar-refractivity contribution >= 4 is 23.7 Å². The number of carbonyl (C=O) groups is 2. The van der Waals surface area contributed by atoms with Crippen LogP contribution >= 0.6 is 0 Å². The zero-order chi connectivity index (χ0) is 15.9. The highest BCUT2D eigenvalue weighted by molar-refractivity contribution is 6.23. The van der Waals surface area contributed by atoms with Crippen LogP contribution in [0.4, 0.5) is 5.82 Å². The molecule has 0 radical (unpaired) electrons. The fourth-order valence-electron chi connectivity index (χ4n) is 2.94. The second-order valence-corrected chi connectivity index (χ2v) is 5.93. The minimum absolute atomic E-state index is 0.246. The summed E-state index contributed by atoms with van der Waals surface area (Å²) in [5, 5.41) is 3.04. The van der Waals surface area contributed by atoms with Gasteiger partial charge < -0.3 is 5.32 Å². The number of fused-ring (bicyclic) bond motifs is 1. The van der Waals surface area contributed by atoms with Crippen LogP contribution in [0.5, 0.6) is 0 Å². The molecule has 1 N–H and O–H groups in total. The first-order chi connectivity index (χ1) is 11.2. The summed E-state index contributed by atoms with van der Waals surface area (Å²) >= 11 is 0. The van der Waals surface area contributed by atoms with Gasteiger partial charge in [-0.25, -0.2) is 9.98 Å². The lowest BCUT2D eigenvalue weighted by molar-refractivity contribution is -0.122. The molecule has 0 saturated heterocycles. The highest BCUT2D eigenvalue weighted by Gasteiger charge is 2.47. The van der Waals surface area contributed by atoms with Crippen molar-refractivity contribution in [3.8, 4) is 0 Å². The second kappa shape index (κ2) is 5.12. The van der Waals surface area contributed by atoms with Crippen LogP contribution < -0.4 is 5.32 Å². The smallest absolute Gasteiger partial charge is 0.237 e. The second-order valence-electron chi connectivity index (χ2n) is 5.93. The van der Waals surface area contributed by atoms with Crippen molar-refractivity contribution in [1.29, 1.82) is 0 Å². The van der Waals surface area contributed by atoms with Crippen LogP contribution in [-0.4, -0.2) is 22.9 Å². The Balaban J connectivity index is 1.56. The molecule has 5 heteroatoms. The highest BCUT2D eigenvalue weighted by atomic mass is 16.2. The number of aromatic nitrogens is 1. The molecule has 23 heavy (non-hydrogen) atoms. The Labute approximate surface area is 133 Å². The number of aliphatic imine (C=N–C) groups is 1. The molecule has 1 aliphatic carbocycles. The molecule has 4 rings (SSSR count). The Kier molecular flexibility index (Phi) is 3.08. The molecule has 0 bridgehead atoms. The Morgan fingerprint density at radius 1 is 1.13 bits per heavy atom. The number of pyridine rings is 1. The van der Waals surface area contributed by atoms with Crippen LogP contribution in [0.2, 0.25) is 0 Å². The summed E-state index contributed by atoms with van der Waals surface area (Å²) in [6, 6.07) is 13.2. The molecule has 2 heterocycles. The van der Waals surface area contributed by atoms with Gasteiger partial charge in [-0.15, -0.1) is 0 Å². The van der Waals surface area contributed by atoms with Crippen LogP contribution in [0.3, 0.4) is 0 Å². The molecule has 1 unspecified atom stereocenters. The fraction of sp³-hybridized carbons (Fsp3) is 0.222. The van der Waals surface area contributed by atoms with E-state index in [2.05, 4.69) is 15.3 Å². The summed E-state index contributed by atoms with van der Waals surface area (Å²) in [5.41, 5.74) is 1.15. The average Bonchev–Trinajstić information content (AvgIpc) is 3.37. The van der Waals surface area contributed by atoms with Crippen molar-refractivity contribution in [3.63, 3.8) is 0 Å². The van der Waals surface area contributed by atoms with E-state index in [0.717, 1.165) is 18.4 Å². The number of ketones is 1. The first-order valence-electron chi connectivity index (χ1n) is 7.61. The van der Waals surface area contributed by atoms with E-state index in [4.69, 9.17) is 0 Å². The predicted molar refractivity (Wildman–Crippen MR) is 85.7 cm³/mol. The molecule has 114 valence electrons. The van der Waals surface area contributed by atoms with Gasteiger partial charge in [-0.1, -0.05) is 30.3 Å². The molecule has 0 spiro atoms. The van der Waals surface area contributed by atoms with E-state index < -0.39 is 5.92 Å². The standard InChI is InChI=1S/C18H15N3O2/c22-15-13-7-4-10-19-16(13)20-11-14(15)17(23)21-18(8-9-18)12-5-2-1-3-6-12/h1-7,10-11,14H,8-9H2,(H,21,23).